The maximum absolute atomic E-state index is 13.1. The SMILES string of the molecule is COc1ccc(OC)c(C=C2SC(=Nc3ccccc3C(F)(F)F)NC2=O)c1. The predicted octanol–water partition coefficient (Wildman–Crippen LogP) is 4.61. The zero-order valence-electron chi connectivity index (χ0n) is 14.8. The van der Waals surface area contributed by atoms with E-state index in [1.165, 1.54) is 32.4 Å². The largest absolute Gasteiger partial charge is 0.497 e. The highest BCUT2D eigenvalue weighted by atomic mass is 32.2. The van der Waals surface area contributed by atoms with Crippen LogP contribution in [0.5, 0.6) is 11.5 Å². The maximum Gasteiger partial charge on any atom is 0.418 e. The molecule has 28 heavy (non-hydrogen) atoms. The topological polar surface area (TPSA) is 59.9 Å². The number of alkyl halides is 3. The molecule has 0 radical (unpaired) electrons. The standard InChI is InChI=1S/C19H15F3N2O3S/c1-26-12-7-8-15(27-2)11(9-12)10-16-17(25)24-18(28-16)23-14-6-4-3-5-13(14)19(20,21)22/h3-10H,1-2H3,(H,23,24,25). The fourth-order valence-corrected chi connectivity index (χ4v) is 3.32. The highest BCUT2D eigenvalue weighted by Gasteiger charge is 2.34. The van der Waals surface area contributed by atoms with E-state index < -0.39 is 17.6 Å². The molecule has 0 aromatic heterocycles. The van der Waals surface area contributed by atoms with Crippen molar-refractivity contribution in [2.45, 2.75) is 6.18 Å². The number of para-hydroxylation sites is 1. The number of hydrogen-bond donors (Lipinski definition) is 1. The zero-order valence-corrected chi connectivity index (χ0v) is 15.6. The Morgan fingerprint density at radius 3 is 2.54 bits per heavy atom. The van der Waals surface area contributed by atoms with Gasteiger partial charge < -0.3 is 14.8 Å². The Morgan fingerprint density at radius 2 is 1.86 bits per heavy atom. The third kappa shape index (κ3) is 4.30. The average molecular weight is 408 g/mol. The predicted molar refractivity (Wildman–Crippen MR) is 102 cm³/mol. The van der Waals surface area contributed by atoms with Gasteiger partial charge in [-0.3, -0.25) is 4.79 Å². The van der Waals surface area contributed by atoms with Crippen LogP contribution in [0.25, 0.3) is 6.08 Å². The van der Waals surface area contributed by atoms with E-state index in [0.717, 1.165) is 17.8 Å². The molecule has 0 unspecified atom stereocenters. The quantitative estimate of drug-likeness (QED) is 0.751. The van der Waals surface area contributed by atoms with Crippen molar-refractivity contribution in [2.24, 2.45) is 4.99 Å². The summed E-state index contributed by atoms with van der Waals surface area (Å²) in [6.07, 6.45) is -2.97. The van der Waals surface area contributed by atoms with Gasteiger partial charge in [-0.2, -0.15) is 13.2 Å². The highest BCUT2D eigenvalue weighted by Crippen LogP contribution is 2.38. The van der Waals surface area contributed by atoms with Gasteiger partial charge in [0.15, 0.2) is 5.17 Å². The normalized spacial score (nSPS) is 17.1. The number of nitrogens with one attached hydrogen (secondary N) is 1. The van der Waals surface area contributed by atoms with E-state index in [9.17, 15) is 18.0 Å². The summed E-state index contributed by atoms with van der Waals surface area (Å²) in [5.41, 5.74) is -0.543. The van der Waals surface area contributed by atoms with Gasteiger partial charge in [0.2, 0.25) is 0 Å². The summed E-state index contributed by atoms with van der Waals surface area (Å²) < 4.78 is 49.8. The minimum absolute atomic E-state index is 0.0646. The van der Waals surface area contributed by atoms with E-state index in [1.807, 2.05) is 0 Å². The molecule has 9 heteroatoms. The monoisotopic (exact) mass is 408 g/mol. The molecule has 1 N–H and O–H groups in total. The number of ether oxygens (including phenoxy) is 2. The highest BCUT2D eigenvalue weighted by molar-refractivity contribution is 8.18. The molecule has 0 atom stereocenters. The first-order chi connectivity index (χ1) is 13.3. The maximum atomic E-state index is 13.1. The summed E-state index contributed by atoms with van der Waals surface area (Å²) in [5.74, 6) is 0.636. The number of benzene rings is 2. The molecular formula is C19H15F3N2O3S. The summed E-state index contributed by atoms with van der Waals surface area (Å²) in [6, 6.07) is 10.0. The summed E-state index contributed by atoms with van der Waals surface area (Å²) in [6.45, 7) is 0. The lowest BCUT2D eigenvalue weighted by Crippen LogP contribution is -2.19. The summed E-state index contributed by atoms with van der Waals surface area (Å²) in [5, 5.41) is 2.55. The number of rotatable bonds is 4. The minimum atomic E-state index is -4.54. The van der Waals surface area contributed by atoms with E-state index >= 15 is 0 Å². The second-order valence-corrected chi connectivity index (χ2v) is 6.64. The van der Waals surface area contributed by atoms with Crippen molar-refractivity contribution in [3.63, 3.8) is 0 Å². The molecule has 0 bridgehead atoms. The van der Waals surface area contributed by atoms with Gasteiger partial charge in [0.25, 0.3) is 5.91 Å². The second-order valence-electron chi connectivity index (χ2n) is 5.60. The van der Waals surface area contributed by atoms with Crippen LogP contribution in [0.1, 0.15) is 11.1 Å². The first kappa shape index (κ1) is 19.8. The Balaban J connectivity index is 1.93. The Morgan fingerprint density at radius 1 is 1.11 bits per heavy atom. The van der Waals surface area contributed by atoms with Crippen LogP contribution in [-0.2, 0) is 11.0 Å². The lowest BCUT2D eigenvalue weighted by atomic mass is 10.1. The smallest absolute Gasteiger partial charge is 0.418 e. The van der Waals surface area contributed by atoms with Crippen molar-refractivity contribution in [2.75, 3.05) is 14.2 Å². The first-order valence-electron chi connectivity index (χ1n) is 7.99. The van der Waals surface area contributed by atoms with Crippen molar-refractivity contribution in [3.05, 3.63) is 58.5 Å². The average Bonchev–Trinajstić information content (AvgIpc) is 3.00. The summed E-state index contributed by atoms with van der Waals surface area (Å²) in [7, 11) is 3.01. The summed E-state index contributed by atoms with van der Waals surface area (Å²) >= 11 is 0.947. The number of carbonyl (C=O) groups excluding carboxylic acids is 1. The number of thioether (sulfide) groups is 1. The molecule has 2 aromatic rings. The van der Waals surface area contributed by atoms with Gasteiger partial charge >= 0.3 is 6.18 Å². The lowest BCUT2D eigenvalue weighted by Gasteiger charge is -2.09. The molecule has 0 saturated carbocycles. The Hall–Kier alpha value is -2.94. The van der Waals surface area contributed by atoms with Crippen molar-refractivity contribution in [3.8, 4) is 11.5 Å². The van der Waals surface area contributed by atoms with Crippen LogP contribution in [0.4, 0.5) is 18.9 Å². The molecule has 0 spiro atoms. The van der Waals surface area contributed by atoms with E-state index in [4.69, 9.17) is 9.47 Å². The molecule has 1 aliphatic rings. The van der Waals surface area contributed by atoms with Gasteiger partial charge in [0, 0.05) is 5.56 Å². The first-order valence-corrected chi connectivity index (χ1v) is 8.81. The minimum Gasteiger partial charge on any atom is -0.497 e. The molecule has 2 aromatic carbocycles. The third-order valence-corrected chi connectivity index (χ3v) is 4.72. The Bertz CT molecular complexity index is 971. The number of methoxy groups -OCH3 is 2. The fraction of sp³-hybridized carbons (Fsp3) is 0.158. The van der Waals surface area contributed by atoms with Crippen LogP contribution in [0.2, 0.25) is 0 Å². The van der Waals surface area contributed by atoms with Gasteiger partial charge in [0.1, 0.15) is 11.5 Å². The van der Waals surface area contributed by atoms with Gasteiger partial charge in [-0.1, -0.05) is 12.1 Å². The molecule has 1 fully saturated rings. The lowest BCUT2D eigenvalue weighted by molar-refractivity contribution is -0.137. The van der Waals surface area contributed by atoms with Crippen LogP contribution in [0, 0.1) is 0 Å². The summed E-state index contributed by atoms with van der Waals surface area (Å²) in [4.78, 5) is 16.5. The number of nitrogens with zero attached hydrogens (tertiary/aromatic N) is 1. The van der Waals surface area contributed by atoms with E-state index in [1.54, 1.807) is 24.3 Å². The molecule has 3 rings (SSSR count). The van der Waals surface area contributed by atoms with Crippen LogP contribution in [0.15, 0.2) is 52.4 Å². The molecular weight excluding hydrogens is 393 g/mol. The zero-order chi connectivity index (χ0) is 20.3. The second kappa shape index (κ2) is 7.97. The van der Waals surface area contributed by atoms with Crippen molar-refractivity contribution >= 4 is 34.6 Å². The number of halogens is 3. The van der Waals surface area contributed by atoms with Crippen molar-refractivity contribution in [1.82, 2.24) is 5.32 Å². The van der Waals surface area contributed by atoms with Crippen LogP contribution in [0.3, 0.4) is 0 Å². The van der Waals surface area contributed by atoms with E-state index in [2.05, 4.69) is 10.3 Å². The Labute approximate surface area is 163 Å². The van der Waals surface area contributed by atoms with Crippen molar-refractivity contribution < 1.29 is 27.4 Å². The molecule has 1 amide bonds. The van der Waals surface area contributed by atoms with Crippen LogP contribution in [-0.4, -0.2) is 25.3 Å². The molecule has 1 aliphatic heterocycles. The molecule has 1 heterocycles. The van der Waals surface area contributed by atoms with Gasteiger partial charge in [0.05, 0.1) is 30.4 Å². The van der Waals surface area contributed by atoms with Crippen LogP contribution >= 0.6 is 11.8 Å². The van der Waals surface area contributed by atoms with E-state index in [0.29, 0.717) is 17.1 Å². The van der Waals surface area contributed by atoms with Gasteiger partial charge in [-0.15, -0.1) is 0 Å². The number of amidine groups is 1. The molecule has 5 nitrogen and oxygen atoms in total. The third-order valence-electron chi connectivity index (χ3n) is 3.81. The number of hydrogen-bond acceptors (Lipinski definition) is 5. The van der Waals surface area contributed by atoms with Crippen molar-refractivity contribution in [1.29, 1.82) is 0 Å². The Kier molecular flexibility index (Phi) is 5.64. The number of carbonyl (C=O) groups is 1. The number of aliphatic imine (C=N–C) groups is 1. The van der Waals surface area contributed by atoms with Crippen LogP contribution < -0.4 is 14.8 Å². The van der Waals surface area contributed by atoms with Gasteiger partial charge in [-0.05, 0) is 48.2 Å². The number of amides is 1. The van der Waals surface area contributed by atoms with E-state index in [-0.39, 0.29) is 15.8 Å². The molecule has 0 aliphatic carbocycles. The molecule has 1 saturated heterocycles. The van der Waals surface area contributed by atoms with Gasteiger partial charge in [-0.25, -0.2) is 4.99 Å². The molecule has 146 valence electrons. The fourth-order valence-electron chi connectivity index (χ4n) is 2.49.